The SMILES string of the molecule is COC(=O)c1ccc(Cl)c(NS(=O)(=O)c2nnc(NC(C)=O)s2)c1. The highest BCUT2D eigenvalue weighted by Crippen LogP contribution is 2.28. The fourth-order valence-corrected chi connectivity index (χ4v) is 3.80. The van der Waals surface area contributed by atoms with Crippen molar-refractivity contribution in [1.29, 1.82) is 0 Å². The van der Waals surface area contributed by atoms with Gasteiger partial charge in [0.1, 0.15) is 0 Å². The number of hydrogen-bond acceptors (Lipinski definition) is 8. The molecule has 24 heavy (non-hydrogen) atoms. The molecule has 12 heteroatoms. The smallest absolute Gasteiger partial charge is 0.337 e. The van der Waals surface area contributed by atoms with Crippen molar-refractivity contribution in [3.8, 4) is 0 Å². The predicted molar refractivity (Wildman–Crippen MR) is 87.8 cm³/mol. The quantitative estimate of drug-likeness (QED) is 0.587. The van der Waals surface area contributed by atoms with Gasteiger partial charge in [0.25, 0.3) is 14.4 Å². The molecule has 0 spiro atoms. The number of aromatic nitrogens is 2. The second kappa shape index (κ2) is 7.11. The second-order valence-electron chi connectivity index (χ2n) is 4.35. The summed E-state index contributed by atoms with van der Waals surface area (Å²) in [6, 6.07) is 3.99. The van der Waals surface area contributed by atoms with E-state index in [1.807, 2.05) is 0 Å². The van der Waals surface area contributed by atoms with Crippen molar-refractivity contribution in [2.24, 2.45) is 0 Å². The van der Waals surface area contributed by atoms with Crippen molar-refractivity contribution in [2.45, 2.75) is 11.3 Å². The molecule has 1 heterocycles. The van der Waals surface area contributed by atoms with Gasteiger partial charge in [-0.25, -0.2) is 4.79 Å². The summed E-state index contributed by atoms with van der Waals surface area (Å²) in [7, 11) is -2.89. The number of ether oxygens (including phenoxy) is 1. The molecular formula is C12H11ClN4O5S2. The van der Waals surface area contributed by atoms with Gasteiger partial charge in [-0.3, -0.25) is 9.52 Å². The van der Waals surface area contributed by atoms with Crippen LogP contribution in [0.15, 0.2) is 22.5 Å². The Labute approximate surface area is 146 Å². The summed E-state index contributed by atoms with van der Waals surface area (Å²) in [6.45, 7) is 1.26. The van der Waals surface area contributed by atoms with Crippen molar-refractivity contribution >= 4 is 55.7 Å². The summed E-state index contributed by atoms with van der Waals surface area (Å²) in [6.07, 6.45) is 0. The van der Waals surface area contributed by atoms with Crippen LogP contribution in [0.2, 0.25) is 5.02 Å². The second-order valence-corrected chi connectivity index (χ2v) is 7.59. The number of anilines is 2. The van der Waals surface area contributed by atoms with Crippen LogP contribution < -0.4 is 10.0 Å². The van der Waals surface area contributed by atoms with E-state index in [1.165, 1.54) is 32.2 Å². The largest absolute Gasteiger partial charge is 0.465 e. The van der Waals surface area contributed by atoms with E-state index in [0.29, 0.717) is 11.3 Å². The van der Waals surface area contributed by atoms with Gasteiger partial charge in [-0.15, -0.1) is 10.2 Å². The maximum absolute atomic E-state index is 12.3. The first-order valence-electron chi connectivity index (χ1n) is 6.24. The third kappa shape index (κ3) is 4.19. The minimum Gasteiger partial charge on any atom is -0.465 e. The van der Waals surface area contributed by atoms with Crippen LogP contribution in [0, 0.1) is 0 Å². The summed E-state index contributed by atoms with van der Waals surface area (Å²) in [5.41, 5.74) is 0.103. The fourth-order valence-electron chi connectivity index (χ4n) is 1.56. The van der Waals surface area contributed by atoms with Crippen LogP contribution in [0.1, 0.15) is 17.3 Å². The minimum atomic E-state index is -4.09. The zero-order valence-corrected chi connectivity index (χ0v) is 14.8. The molecule has 9 nitrogen and oxygen atoms in total. The van der Waals surface area contributed by atoms with E-state index in [2.05, 4.69) is 25.0 Å². The third-order valence-electron chi connectivity index (χ3n) is 2.55. The molecule has 0 radical (unpaired) electrons. The van der Waals surface area contributed by atoms with Gasteiger partial charge in [0.15, 0.2) is 0 Å². The number of carbonyl (C=O) groups is 2. The van der Waals surface area contributed by atoms with Crippen LogP contribution >= 0.6 is 22.9 Å². The summed E-state index contributed by atoms with van der Waals surface area (Å²) < 4.78 is 31.0. The normalized spacial score (nSPS) is 11.0. The lowest BCUT2D eigenvalue weighted by molar-refractivity contribution is -0.114. The molecule has 0 atom stereocenters. The van der Waals surface area contributed by atoms with Gasteiger partial charge in [0.05, 0.1) is 23.4 Å². The number of rotatable bonds is 5. The number of nitrogens with zero attached hydrogens (tertiary/aromatic N) is 2. The maximum atomic E-state index is 12.3. The molecule has 2 rings (SSSR count). The van der Waals surface area contributed by atoms with Crippen LogP contribution in [0.3, 0.4) is 0 Å². The molecule has 1 amide bonds. The third-order valence-corrected chi connectivity index (χ3v) is 5.45. The number of nitrogens with one attached hydrogen (secondary N) is 2. The van der Waals surface area contributed by atoms with Crippen molar-refractivity contribution in [2.75, 3.05) is 17.1 Å². The van der Waals surface area contributed by atoms with Crippen molar-refractivity contribution < 1.29 is 22.7 Å². The molecule has 0 unspecified atom stereocenters. The lowest BCUT2D eigenvalue weighted by Gasteiger charge is -2.08. The Kier molecular flexibility index (Phi) is 5.36. The number of halogens is 1. The number of benzene rings is 1. The van der Waals surface area contributed by atoms with E-state index in [0.717, 1.165) is 0 Å². The zero-order chi connectivity index (χ0) is 17.9. The first-order chi connectivity index (χ1) is 11.2. The number of carbonyl (C=O) groups excluding carboxylic acids is 2. The highest BCUT2D eigenvalue weighted by atomic mass is 35.5. The van der Waals surface area contributed by atoms with Gasteiger partial charge < -0.3 is 10.1 Å². The van der Waals surface area contributed by atoms with Crippen LogP contribution in [0.4, 0.5) is 10.8 Å². The lowest BCUT2D eigenvalue weighted by Crippen LogP contribution is -2.14. The molecule has 0 bridgehead atoms. The topological polar surface area (TPSA) is 127 Å². The molecule has 0 aliphatic carbocycles. The molecule has 1 aromatic heterocycles. The van der Waals surface area contributed by atoms with E-state index in [-0.39, 0.29) is 25.7 Å². The number of sulfonamides is 1. The monoisotopic (exact) mass is 390 g/mol. The van der Waals surface area contributed by atoms with Gasteiger partial charge in [-0.05, 0) is 18.2 Å². The van der Waals surface area contributed by atoms with Gasteiger partial charge in [-0.2, -0.15) is 8.42 Å². The minimum absolute atomic E-state index is 0.0177. The lowest BCUT2D eigenvalue weighted by atomic mass is 10.2. The first-order valence-corrected chi connectivity index (χ1v) is 8.92. The average Bonchev–Trinajstić information content (AvgIpc) is 2.97. The Balaban J connectivity index is 2.30. The Morgan fingerprint density at radius 1 is 1.29 bits per heavy atom. The van der Waals surface area contributed by atoms with Crippen molar-refractivity contribution in [3.05, 3.63) is 28.8 Å². The van der Waals surface area contributed by atoms with Crippen LogP contribution in [0.25, 0.3) is 0 Å². The number of methoxy groups -OCH3 is 1. The molecule has 128 valence electrons. The number of hydrogen-bond donors (Lipinski definition) is 2. The van der Waals surface area contributed by atoms with E-state index in [9.17, 15) is 18.0 Å². The maximum Gasteiger partial charge on any atom is 0.337 e. The molecule has 0 saturated carbocycles. The summed E-state index contributed by atoms with van der Waals surface area (Å²) in [5.74, 6) is -1.05. The highest BCUT2D eigenvalue weighted by molar-refractivity contribution is 7.94. The molecule has 0 aliphatic heterocycles. The molecule has 2 aromatic rings. The van der Waals surface area contributed by atoms with Gasteiger partial charge in [0.2, 0.25) is 11.0 Å². The Morgan fingerprint density at radius 3 is 2.62 bits per heavy atom. The number of esters is 1. The van der Waals surface area contributed by atoms with Crippen LogP contribution in [-0.4, -0.2) is 37.6 Å². The van der Waals surface area contributed by atoms with E-state index in [4.69, 9.17) is 11.6 Å². The Bertz CT molecular complexity index is 897. The molecule has 0 saturated heterocycles. The highest BCUT2D eigenvalue weighted by Gasteiger charge is 2.22. The van der Waals surface area contributed by atoms with E-state index < -0.39 is 21.9 Å². The van der Waals surface area contributed by atoms with Gasteiger partial charge >= 0.3 is 5.97 Å². The Hall–Kier alpha value is -2.24. The summed E-state index contributed by atoms with van der Waals surface area (Å²) in [4.78, 5) is 22.5. The van der Waals surface area contributed by atoms with E-state index >= 15 is 0 Å². The molecular weight excluding hydrogens is 380 g/mol. The molecule has 0 aliphatic rings. The fraction of sp³-hybridized carbons (Fsp3) is 0.167. The first kappa shape index (κ1) is 18.1. The predicted octanol–water partition coefficient (Wildman–Crippen LogP) is 1.74. The average molecular weight is 391 g/mol. The molecule has 1 aromatic carbocycles. The van der Waals surface area contributed by atoms with Crippen LogP contribution in [0.5, 0.6) is 0 Å². The standard InChI is InChI=1S/C12H11ClN4O5S2/c1-6(18)14-11-15-16-12(23-11)24(20,21)17-9-5-7(10(19)22-2)3-4-8(9)13/h3-5,17H,1-2H3,(H,14,15,18). The zero-order valence-electron chi connectivity index (χ0n) is 12.4. The van der Waals surface area contributed by atoms with E-state index in [1.54, 1.807) is 0 Å². The Morgan fingerprint density at radius 2 is 2.00 bits per heavy atom. The summed E-state index contributed by atoms with van der Waals surface area (Å²) >= 11 is 6.61. The summed E-state index contributed by atoms with van der Waals surface area (Å²) in [5, 5.41) is 9.52. The van der Waals surface area contributed by atoms with Gasteiger partial charge in [0, 0.05) is 6.92 Å². The number of amides is 1. The molecule has 0 fully saturated rings. The van der Waals surface area contributed by atoms with Crippen molar-refractivity contribution in [3.63, 3.8) is 0 Å². The molecule has 2 N–H and O–H groups in total. The van der Waals surface area contributed by atoms with Crippen LogP contribution in [-0.2, 0) is 19.6 Å². The van der Waals surface area contributed by atoms with Gasteiger partial charge in [-0.1, -0.05) is 22.9 Å². The van der Waals surface area contributed by atoms with Crippen molar-refractivity contribution in [1.82, 2.24) is 10.2 Å².